The van der Waals surface area contributed by atoms with Crippen LogP contribution in [-0.4, -0.2) is 36.2 Å². The Labute approximate surface area is 107 Å². The van der Waals surface area contributed by atoms with Crippen molar-refractivity contribution in [2.24, 2.45) is 0 Å². The number of nitrogens with zero attached hydrogens (tertiary/aromatic N) is 1. The Balaban J connectivity index is 1.61. The molecule has 2 aliphatic heterocycles. The van der Waals surface area contributed by atoms with Gasteiger partial charge in [0.1, 0.15) is 6.61 Å². The predicted molar refractivity (Wildman–Crippen MR) is 68.1 cm³/mol. The molecule has 2 aliphatic rings. The maximum atomic E-state index is 11.5. The molecule has 0 saturated carbocycles. The molecular weight excluding hydrogens is 228 g/mol. The average Bonchev–Trinajstić information content (AvgIpc) is 2.80. The fraction of sp³-hybridized carbons (Fsp3) is 0.500. The van der Waals surface area contributed by atoms with E-state index < -0.39 is 0 Å². The molecule has 0 radical (unpaired) electrons. The van der Waals surface area contributed by atoms with Crippen LogP contribution in [0.25, 0.3) is 0 Å². The normalized spacial score (nSPS) is 26.9. The number of nitrogens with one attached hydrogen (secondary N) is 1. The molecule has 1 amide bonds. The summed E-state index contributed by atoms with van der Waals surface area (Å²) in [4.78, 5) is 13.4. The minimum absolute atomic E-state index is 0.147. The van der Waals surface area contributed by atoms with Crippen molar-refractivity contribution in [1.82, 2.24) is 10.2 Å². The number of carbonyl (C=O) groups excluding carboxylic acids is 1. The van der Waals surface area contributed by atoms with E-state index in [0.29, 0.717) is 12.6 Å². The highest BCUT2D eigenvalue weighted by molar-refractivity contribution is 5.70. The third-order valence-electron chi connectivity index (χ3n) is 3.80. The number of rotatable bonds is 3. The number of ether oxygens (including phenoxy) is 1. The van der Waals surface area contributed by atoms with Gasteiger partial charge in [0.15, 0.2) is 0 Å². The molecular formula is C14H18N2O2. The maximum absolute atomic E-state index is 11.5. The Morgan fingerprint density at radius 1 is 1.33 bits per heavy atom. The van der Waals surface area contributed by atoms with E-state index in [9.17, 15) is 4.79 Å². The largest absolute Gasteiger partial charge is 0.447 e. The van der Waals surface area contributed by atoms with Crippen LogP contribution >= 0.6 is 0 Å². The van der Waals surface area contributed by atoms with Gasteiger partial charge in [-0.25, -0.2) is 4.79 Å². The van der Waals surface area contributed by atoms with Crippen LogP contribution in [-0.2, 0) is 11.3 Å². The molecule has 0 spiro atoms. The van der Waals surface area contributed by atoms with Gasteiger partial charge in [0.2, 0.25) is 0 Å². The van der Waals surface area contributed by atoms with Gasteiger partial charge in [0.25, 0.3) is 0 Å². The molecule has 96 valence electrons. The van der Waals surface area contributed by atoms with Crippen molar-refractivity contribution in [3.63, 3.8) is 0 Å². The van der Waals surface area contributed by atoms with E-state index in [0.717, 1.165) is 25.9 Å². The summed E-state index contributed by atoms with van der Waals surface area (Å²) in [6.07, 6.45) is 2.02. The number of amides is 1. The van der Waals surface area contributed by atoms with Crippen LogP contribution in [0.2, 0.25) is 0 Å². The van der Waals surface area contributed by atoms with Crippen molar-refractivity contribution < 1.29 is 9.53 Å². The van der Waals surface area contributed by atoms with Gasteiger partial charge in [-0.1, -0.05) is 30.3 Å². The third-order valence-corrected chi connectivity index (χ3v) is 3.80. The van der Waals surface area contributed by atoms with Crippen LogP contribution in [0.5, 0.6) is 0 Å². The first-order chi connectivity index (χ1) is 8.84. The zero-order valence-corrected chi connectivity index (χ0v) is 10.3. The average molecular weight is 246 g/mol. The lowest BCUT2D eigenvalue weighted by molar-refractivity contribution is 0.148. The SMILES string of the molecule is O=C1OCC2C(NCc3ccccc3)CCCN12. The molecule has 3 rings (SSSR count). The summed E-state index contributed by atoms with van der Waals surface area (Å²) in [6.45, 7) is 2.22. The van der Waals surface area contributed by atoms with Crippen LogP contribution in [0.3, 0.4) is 0 Å². The quantitative estimate of drug-likeness (QED) is 0.883. The minimum Gasteiger partial charge on any atom is -0.447 e. The molecule has 18 heavy (non-hydrogen) atoms. The van der Waals surface area contributed by atoms with Gasteiger partial charge < -0.3 is 15.0 Å². The maximum Gasteiger partial charge on any atom is 0.410 e. The van der Waals surface area contributed by atoms with Crippen molar-refractivity contribution >= 4 is 6.09 Å². The highest BCUT2D eigenvalue weighted by atomic mass is 16.6. The Bertz CT molecular complexity index is 421. The molecule has 4 nitrogen and oxygen atoms in total. The number of piperidine rings is 1. The lowest BCUT2D eigenvalue weighted by atomic mass is 9.97. The van der Waals surface area contributed by atoms with E-state index >= 15 is 0 Å². The second-order valence-corrected chi connectivity index (χ2v) is 4.95. The Hall–Kier alpha value is -1.55. The number of hydrogen-bond donors (Lipinski definition) is 1. The van der Waals surface area contributed by atoms with Crippen LogP contribution in [0.4, 0.5) is 4.79 Å². The highest BCUT2D eigenvalue weighted by Crippen LogP contribution is 2.24. The molecule has 4 heteroatoms. The zero-order chi connectivity index (χ0) is 12.4. The molecule has 0 bridgehead atoms. The second kappa shape index (κ2) is 4.98. The fourth-order valence-electron chi connectivity index (χ4n) is 2.81. The predicted octanol–water partition coefficient (Wildman–Crippen LogP) is 1.76. The highest BCUT2D eigenvalue weighted by Gasteiger charge is 2.40. The van der Waals surface area contributed by atoms with Gasteiger partial charge in [-0.15, -0.1) is 0 Å². The molecule has 1 N–H and O–H groups in total. The summed E-state index contributed by atoms with van der Waals surface area (Å²) >= 11 is 0. The number of fused-ring (bicyclic) bond motifs is 1. The standard InChI is InChI=1S/C14H18N2O2/c17-14-16-8-4-7-12(13(16)10-18-14)15-9-11-5-2-1-3-6-11/h1-3,5-6,12-13,15H,4,7-10H2. The number of hydrogen-bond acceptors (Lipinski definition) is 3. The Morgan fingerprint density at radius 2 is 2.17 bits per heavy atom. The van der Waals surface area contributed by atoms with E-state index in [1.54, 1.807) is 0 Å². The smallest absolute Gasteiger partial charge is 0.410 e. The summed E-state index contributed by atoms with van der Waals surface area (Å²) in [5.41, 5.74) is 1.28. The summed E-state index contributed by atoms with van der Waals surface area (Å²) < 4.78 is 5.13. The van der Waals surface area contributed by atoms with Crippen molar-refractivity contribution in [1.29, 1.82) is 0 Å². The van der Waals surface area contributed by atoms with E-state index in [4.69, 9.17) is 4.74 Å². The second-order valence-electron chi connectivity index (χ2n) is 4.95. The fourth-order valence-corrected chi connectivity index (χ4v) is 2.81. The number of cyclic esters (lactones) is 1. The van der Waals surface area contributed by atoms with E-state index in [-0.39, 0.29) is 12.1 Å². The molecule has 2 saturated heterocycles. The molecule has 0 aromatic heterocycles. The number of carbonyl (C=O) groups is 1. The molecule has 2 unspecified atom stereocenters. The van der Waals surface area contributed by atoms with Crippen LogP contribution in [0.1, 0.15) is 18.4 Å². The lowest BCUT2D eigenvalue weighted by Gasteiger charge is -2.34. The van der Waals surface area contributed by atoms with Gasteiger partial charge in [-0.2, -0.15) is 0 Å². The van der Waals surface area contributed by atoms with Gasteiger partial charge in [-0.3, -0.25) is 0 Å². The van der Waals surface area contributed by atoms with E-state index in [1.807, 2.05) is 23.1 Å². The van der Waals surface area contributed by atoms with Gasteiger partial charge in [0.05, 0.1) is 6.04 Å². The van der Waals surface area contributed by atoms with E-state index in [1.165, 1.54) is 5.56 Å². The van der Waals surface area contributed by atoms with Crippen LogP contribution in [0.15, 0.2) is 30.3 Å². The first kappa shape index (κ1) is 11.5. The summed E-state index contributed by atoms with van der Waals surface area (Å²) in [5, 5.41) is 3.56. The number of benzene rings is 1. The monoisotopic (exact) mass is 246 g/mol. The zero-order valence-electron chi connectivity index (χ0n) is 10.3. The third kappa shape index (κ3) is 2.20. The molecule has 1 aromatic carbocycles. The van der Waals surface area contributed by atoms with Crippen molar-refractivity contribution in [3.05, 3.63) is 35.9 Å². The topological polar surface area (TPSA) is 41.6 Å². The molecule has 2 atom stereocenters. The molecule has 0 aliphatic carbocycles. The lowest BCUT2D eigenvalue weighted by Crippen LogP contribution is -2.52. The van der Waals surface area contributed by atoms with Crippen molar-refractivity contribution in [2.75, 3.05) is 13.2 Å². The Morgan fingerprint density at radius 3 is 3.00 bits per heavy atom. The molecule has 2 fully saturated rings. The Kier molecular flexibility index (Phi) is 3.19. The molecule has 1 aromatic rings. The molecule has 2 heterocycles. The summed E-state index contributed by atoms with van der Waals surface area (Å²) in [6, 6.07) is 10.9. The van der Waals surface area contributed by atoms with Crippen LogP contribution < -0.4 is 5.32 Å². The first-order valence-electron chi connectivity index (χ1n) is 6.55. The van der Waals surface area contributed by atoms with E-state index in [2.05, 4.69) is 17.4 Å². The summed E-state index contributed by atoms with van der Waals surface area (Å²) in [5.74, 6) is 0. The first-order valence-corrected chi connectivity index (χ1v) is 6.55. The van der Waals surface area contributed by atoms with Crippen molar-refractivity contribution in [3.8, 4) is 0 Å². The summed E-state index contributed by atoms with van der Waals surface area (Å²) in [7, 11) is 0. The van der Waals surface area contributed by atoms with Crippen LogP contribution in [0, 0.1) is 0 Å². The van der Waals surface area contributed by atoms with Gasteiger partial charge >= 0.3 is 6.09 Å². The minimum atomic E-state index is -0.147. The van der Waals surface area contributed by atoms with Crippen molar-refractivity contribution in [2.45, 2.75) is 31.5 Å². The van der Waals surface area contributed by atoms with Gasteiger partial charge in [0, 0.05) is 19.1 Å². The van der Waals surface area contributed by atoms with Gasteiger partial charge in [-0.05, 0) is 18.4 Å².